The Morgan fingerprint density at radius 1 is 1.47 bits per heavy atom. The van der Waals surface area contributed by atoms with Crippen molar-refractivity contribution in [2.75, 3.05) is 13.1 Å². The third-order valence-electron chi connectivity index (χ3n) is 2.31. The molecule has 0 spiro atoms. The van der Waals surface area contributed by atoms with Gasteiger partial charge in [0.2, 0.25) is 6.41 Å². The van der Waals surface area contributed by atoms with Gasteiger partial charge in [-0.25, -0.2) is 0 Å². The van der Waals surface area contributed by atoms with Crippen molar-refractivity contribution in [2.24, 2.45) is 5.10 Å². The van der Waals surface area contributed by atoms with Gasteiger partial charge in [0.05, 0.1) is 6.10 Å². The summed E-state index contributed by atoms with van der Waals surface area (Å²) in [5, 5.41) is 15.1. The summed E-state index contributed by atoms with van der Waals surface area (Å²) in [7, 11) is 0. The van der Waals surface area contributed by atoms with Crippen molar-refractivity contribution in [1.82, 2.24) is 15.6 Å². The maximum absolute atomic E-state index is 11.6. The Labute approximate surface area is 104 Å². The molecular weight excluding hydrogens is 244 g/mol. The molecule has 0 aromatic carbocycles. The molecule has 94 valence electrons. The normalized spacial score (nSPS) is 16.9. The smallest absolute Gasteiger partial charge is 0.266 e. The van der Waals surface area contributed by atoms with Crippen LogP contribution in [0.1, 0.15) is 12.8 Å². The van der Waals surface area contributed by atoms with Crippen LogP contribution >= 0.6 is 12.2 Å². The van der Waals surface area contributed by atoms with E-state index in [9.17, 15) is 14.7 Å². The maximum atomic E-state index is 11.6. The summed E-state index contributed by atoms with van der Waals surface area (Å²) in [5.74, 6) is -0.252. The summed E-state index contributed by atoms with van der Waals surface area (Å²) < 4.78 is 0. The number of hydrogen-bond donors (Lipinski definition) is 3. The van der Waals surface area contributed by atoms with Crippen molar-refractivity contribution in [1.29, 1.82) is 0 Å². The number of carbonyl (C=O) groups is 2. The third-order valence-corrected chi connectivity index (χ3v) is 2.52. The topological polar surface area (TPSA) is 94.0 Å². The van der Waals surface area contributed by atoms with Gasteiger partial charge in [-0.15, -0.1) is 0 Å². The highest BCUT2D eigenvalue weighted by molar-refractivity contribution is 7.80. The van der Waals surface area contributed by atoms with E-state index in [1.807, 2.05) is 0 Å². The summed E-state index contributed by atoms with van der Waals surface area (Å²) in [6.45, 7) is 1.03. The van der Waals surface area contributed by atoms with E-state index >= 15 is 0 Å². The lowest BCUT2D eigenvalue weighted by molar-refractivity contribution is -0.125. The van der Waals surface area contributed by atoms with E-state index in [1.165, 1.54) is 0 Å². The Kier molecular flexibility index (Phi) is 5.50. The lowest BCUT2D eigenvalue weighted by atomic mass is 10.1. The van der Waals surface area contributed by atoms with Crippen LogP contribution in [-0.4, -0.2) is 52.8 Å². The number of piperidine rings is 1. The minimum atomic E-state index is -0.321. The molecule has 3 N–H and O–H groups in total. The zero-order valence-corrected chi connectivity index (χ0v) is 9.94. The number of nitrogens with one attached hydrogen (secondary N) is 2. The molecule has 0 unspecified atom stereocenters. The molecule has 1 aliphatic rings. The average molecular weight is 258 g/mol. The Bertz CT molecular complexity index is 326. The SMILES string of the molecule is O=CNC(=S)N/N=C/C(=O)N1CCC(O)CC1. The molecule has 0 radical (unpaired) electrons. The summed E-state index contributed by atoms with van der Waals surface area (Å²) >= 11 is 4.65. The summed E-state index contributed by atoms with van der Waals surface area (Å²) in [4.78, 5) is 23.2. The molecule has 1 rings (SSSR count). The molecule has 1 aliphatic heterocycles. The highest BCUT2D eigenvalue weighted by Gasteiger charge is 2.19. The second kappa shape index (κ2) is 6.92. The second-order valence-corrected chi connectivity index (χ2v) is 3.93. The minimum Gasteiger partial charge on any atom is -0.393 e. The van der Waals surface area contributed by atoms with E-state index < -0.39 is 0 Å². The number of hydrazone groups is 1. The van der Waals surface area contributed by atoms with E-state index in [1.54, 1.807) is 4.90 Å². The number of aliphatic hydroxyl groups is 1. The lowest BCUT2D eigenvalue weighted by Gasteiger charge is -2.28. The molecule has 1 saturated heterocycles. The van der Waals surface area contributed by atoms with E-state index in [4.69, 9.17) is 0 Å². The molecule has 17 heavy (non-hydrogen) atoms. The van der Waals surface area contributed by atoms with Gasteiger partial charge < -0.3 is 15.3 Å². The van der Waals surface area contributed by atoms with Gasteiger partial charge in [0, 0.05) is 13.1 Å². The van der Waals surface area contributed by atoms with Crippen molar-refractivity contribution in [3.8, 4) is 0 Å². The zero-order valence-electron chi connectivity index (χ0n) is 9.13. The first kappa shape index (κ1) is 13.5. The van der Waals surface area contributed by atoms with Gasteiger partial charge in [0.1, 0.15) is 6.21 Å². The minimum absolute atomic E-state index is 0.0260. The first-order valence-electron chi connectivity index (χ1n) is 5.13. The molecule has 0 aromatic rings. The molecule has 2 amide bonds. The van der Waals surface area contributed by atoms with Gasteiger partial charge in [-0.3, -0.25) is 15.0 Å². The van der Waals surface area contributed by atoms with Crippen LogP contribution < -0.4 is 10.7 Å². The van der Waals surface area contributed by atoms with Crippen molar-refractivity contribution in [2.45, 2.75) is 18.9 Å². The summed E-state index contributed by atoms with van der Waals surface area (Å²) in [5.41, 5.74) is 2.32. The molecule has 0 aromatic heterocycles. The fourth-order valence-electron chi connectivity index (χ4n) is 1.40. The van der Waals surface area contributed by atoms with Crippen LogP contribution in [-0.2, 0) is 9.59 Å². The van der Waals surface area contributed by atoms with Gasteiger partial charge >= 0.3 is 0 Å². The molecule has 8 heteroatoms. The predicted molar refractivity (Wildman–Crippen MR) is 65.2 cm³/mol. The van der Waals surface area contributed by atoms with E-state index in [0.29, 0.717) is 32.3 Å². The van der Waals surface area contributed by atoms with Crippen LogP contribution in [0.4, 0.5) is 0 Å². The Balaban J connectivity index is 2.31. The first-order chi connectivity index (χ1) is 8.13. The molecular formula is C9H14N4O3S. The number of thiocarbonyl (C=S) groups is 1. The molecule has 0 bridgehead atoms. The highest BCUT2D eigenvalue weighted by atomic mass is 32.1. The number of hydrogen-bond acceptors (Lipinski definition) is 5. The van der Waals surface area contributed by atoms with Crippen LogP contribution in [0.5, 0.6) is 0 Å². The largest absolute Gasteiger partial charge is 0.393 e. The van der Waals surface area contributed by atoms with Gasteiger partial charge in [0.15, 0.2) is 5.11 Å². The molecule has 0 aliphatic carbocycles. The summed E-state index contributed by atoms with van der Waals surface area (Å²) in [6.07, 6.45) is 2.35. The van der Waals surface area contributed by atoms with E-state index in [-0.39, 0.29) is 17.1 Å². The number of rotatable bonds is 3. The Morgan fingerprint density at radius 3 is 2.71 bits per heavy atom. The zero-order chi connectivity index (χ0) is 12.7. The van der Waals surface area contributed by atoms with Crippen LogP contribution in [0.25, 0.3) is 0 Å². The molecule has 1 fully saturated rings. The van der Waals surface area contributed by atoms with Gasteiger partial charge in [-0.2, -0.15) is 5.10 Å². The number of nitrogens with zero attached hydrogens (tertiary/aromatic N) is 2. The van der Waals surface area contributed by atoms with Crippen LogP contribution in [0.15, 0.2) is 5.10 Å². The highest BCUT2D eigenvalue weighted by Crippen LogP contribution is 2.08. The maximum Gasteiger partial charge on any atom is 0.266 e. The van der Waals surface area contributed by atoms with Crippen LogP contribution in [0.2, 0.25) is 0 Å². The van der Waals surface area contributed by atoms with Crippen LogP contribution in [0.3, 0.4) is 0 Å². The molecule has 1 heterocycles. The van der Waals surface area contributed by atoms with E-state index in [2.05, 4.69) is 28.1 Å². The van der Waals surface area contributed by atoms with Crippen molar-refractivity contribution >= 4 is 35.9 Å². The average Bonchev–Trinajstić information content (AvgIpc) is 2.30. The third kappa shape index (κ3) is 4.87. The number of aliphatic hydroxyl groups excluding tert-OH is 1. The van der Waals surface area contributed by atoms with Crippen molar-refractivity contribution < 1.29 is 14.7 Å². The van der Waals surface area contributed by atoms with Gasteiger partial charge in [-0.1, -0.05) is 0 Å². The van der Waals surface area contributed by atoms with Crippen molar-refractivity contribution in [3.05, 3.63) is 0 Å². The number of likely N-dealkylation sites (tertiary alicyclic amines) is 1. The van der Waals surface area contributed by atoms with E-state index in [0.717, 1.165) is 6.21 Å². The second-order valence-electron chi connectivity index (χ2n) is 3.52. The first-order valence-corrected chi connectivity index (χ1v) is 5.54. The van der Waals surface area contributed by atoms with Gasteiger partial charge in [-0.05, 0) is 25.1 Å². The summed E-state index contributed by atoms with van der Waals surface area (Å²) in [6, 6.07) is 0. The fourth-order valence-corrected chi connectivity index (χ4v) is 1.50. The fraction of sp³-hybridized carbons (Fsp3) is 0.556. The van der Waals surface area contributed by atoms with Crippen LogP contribution in [0, 0.1) is 0 Å². The predicted octanol–water partition coefficient (Wildman–Crippen LogP) is -1.42. The number of amides is 2. The standard InChI is InChI=1S/C9H14N4O3S/c14-6-10-9(17)12-11-5-8(16)13-3-1-7(15)2-4-13/h5-7,15H,1-4H2,(H2,10,12,14,17)/b11-5+. The molecule has 7 nitrogen and oxygen atoms in total. The quantitative estimate of drug-likeness (QED) is 0.250. The number of carbonyl (C=O) groups excluding carboxylic acids is 2. The molecule has 0 saturated carbocycles. The monoisotopic (exact) mass is 258 g/mol. The Morgan fingerprint density at radius 2 is 2.12 bits per heavy atom. The lowest BCUT2D eigenvalue weighted by Crippen LogP contribution is -2.41. The molecule has 0 atom stereocenters. The Hall–Kier alpha value is -1.54. The van der Waals surface area contributed by atoms with Gasteiger partial charge in [0.25, 0.3) is 5.91 Å². The van der Waals surface area contributed by atoms with Crippen molar-refractivity contribution in [3.63, 3.8) is 0 Å².